The van der Waals surface area contributed by atoms with Crippen molar-refractivity contribution in [3.05, 3.63) is 88.4 Å². The van der Waals surface area contributed by atoms with E-state index in [0.717, 1.165) is 26.8 Å². The van der Waals surface area contributed by atoms with Gasteiger partial charge in [-0.25, -0.2) is 5.43 Å². The fraction of sp³-hybridized carbons (Fsp3) is 0.200. The molecule has 0 saturated heterocycles. The van der Waals surface area contributed by atoms with Crippen LogP contribution in [0.4, 0.5) is 0 Å². The largest absolute Gasteiger partial charge is 0.490 e. The van der Waals surface area contributed by atoms with Gasteiger partial charge in [0, 0.05) is 21.2 Å². The third-order valence-electron chi connectivity index (χ3n) is 4.38. The molecule has 1 amide bonds. The van der Waals surface area contributed by atoms with Gasteiger partial charge in [-0.1, -0.05) is 23.7 Å². The zero-order valence-corrected chi connectivity index (χ0v) is 19.6. The molecule has 1 N–H and O–H groups in total. The molecule has 0 radical (unpaired) electrons. The number of carbonyl (C=O) groups excluding carboxylic acids is 1. The van der Waals surface area contributed by atoms with E-state index in [1.807, 2.05) is 68.4 Å². The molecule has 3 rings (SSSR count). The van der Waals surface area contributed by atoms with Crippen molar-refractivity contribution in [2.24, 2.45) is 5.10 Å². The molecule has 0 aromatic heterocycles. The number of hydrogen-bond acceptors (Lipinski definition) is 5. The third kappa shape index (κ3) is 7.04. The highest BCUT2D eigenvalue weighted by molar-refractivity contribution is 7.98. The van der Waals surface area contributed by atoms with Crippen molar-refractivity contribution in [2.45, 2.75) is 24.5 Å². The SMILES string of the molecule is CCOc1ccc(/C=N/NC(=O)c2ccc(CSc3ccc(Cl)cc3)cc2)cc1OCC. The predicted molar refractivity (Wildman–Crippen MR) is 131 cm³/mol. The molecule has 7 heteroatoms. The van der Waals surface area contributed by atoms with Gasteiger partial charge in [-0.2, -0.15) is 5.10 Å². The Labute approximate surface area is 197 Å². The Kier molecular flexibility index (Phi) is 9.01. The lowest BCUT2D eigenvalue weighted by Gasteiger charge is -2.11. The number of hydrogen-bond donors (Lipinski definition) is 1. The first-order valence-corrected chi connectivity index (χ1v) is 11.7. The predicted octanol–water partition coefficient (Wildman–Crippen LogP) is 6.19. The minimum Gasteiger partial charge on any atom is -0.490 e. The van der Waals surface area contributed by atoms with Gasteiger partial charge >= 0.3 is 0 Å². The van der Waals surface area contributed by atoms with Gasteiger partial charge in [0.05, 0.1) is 19.4 Å². The van der Waals surface area contributed by atoms with Crippen molar-refractivity contribution in [1.29, 1.82) is 0 Å². The average Bonchev–Trinajstić information content (AvgIpc) is 2.81. The molecule has 0 spiro atoms. The van der Waals surface area contributed by atoms with Crippen molar-refractivity contribution >= 4 is 35.5 Å². The summed E-state index contributed by atoms with van der Waals surface area (Å²) in [4.78, 5) is 13.5. The van der Waals surface area contributed by atoms with Crippen LogP contribution in [0.5, 0.6) is 11.5 Å². The number of amides is 1. The first kappa shape index (κ1) is 23.7. The first-order valence-electron chi connectivity index (χ1n) is 10.3. The van der Waals surface area contributed by atoms with Gasteiger partial charge in [0.25, 0.3) is 5.91 Å². The number of ether oxygens (including phenoxy) is 2. The molecule has 3 aromatic carbocycles. The van der Waals surface area contributed by atoms with Crippen LogP contribution in [0.25, 0.3) is 0 Å². The van der Waals surface area contributed by atoms with Crippen LogP contribution in [0.15, 0.2) is 76.7 Å². The van der Waals surface area contributed by atoms with Crippen LogP contribution >= 0.6 is 23.4 Å². The Hall–Kier alpha value is -2.96. The van der Waals surface area contributed by atoms with E-state index in [1.54, 1.807) is 30.1 Å². The molecule has 5 nitrogen and oxygen atoms in total. The maximum absolute atomic E-state index is 12.4. The molecule has 0 bridgehead atoms. The molecule has 0 fully saturated rings. The Morgan fingerprint density at radius 2 is 1.66 bits per heavy atom. The number of benzene rings is 3. The zero-order valence-electron chi connectivity index (χ0n) is 18.0. The van der Waals surface area contributed by atoms with Crippen LogP contribution < -0.4 is 14.9 Å². The minimum atomic E-state index is -0.269. The standard InChI is InChI=1S/C25H25ClN2O3S/c1-3-30-23-14-7-19(15-24(23)31-4-2)16-27-28-25(29)20-8-5-18(6-9-20)17-32-22-12-10-21(26)11-13-22/h5-16H,3-4,17H2,1-2H3,(H,28,29)/b27-16+. The normalized spacial score (nSPS) is 10.8. The molecule has 3 aromatic rings. The van der Waals surface area contributed by atoms with Crippen molar-refractivity contribution in [2.75, 3.05) is 13.2 Å². The molecule has 0 aliphatic heterocycles. The highest BCUT2D eigenvalue weighted by atomic mass is 35.5. The lowest BCUT2D eigenvalue weighted by atomic mass is 10.1. The monoisotopic (exact) mass is 468 g/mol. The summed E-state index contributed by atoms with van der Waals surface area (Å²) in [6.45, 7) is 4.93. The van der Waals surface area contributed by atoms with Gasteiger partial charge in [0.15, 0.2) is 11.5 Å². The van der Waals surface area contributed by atoms with Gasteiger partial charge in [-0.3, -0.25) is 4.79 Å². The summed E-state index contributed by atoms with van der Waals surface area (Å²) in [5, 5.41) is 4.79. The molecule has 32 heavy (non-hydrogen) atoms. The lowest BCUT2D eigenvalue weighted by Crippen LogP contribution is -2.17. The molecule has 0 saturated carbocycles. The number of rotatable bonds is 10. The van der Waals surface area contributed by atoms with Gasteiger partial charge in [0.2, 0.25) is 0 Å². The first-order chi connectivity index (χ1) is 15.6. The van der Waals surface area contributed by atoms with E-state index in [1.165, 1.54) is 0 Å². The summed E-state index contributed by atoms with van der Waals surface area (Å²) in [6, 6.07) is 20.8. The number of hydrazone groups is 1. The summed E-state index contributed by atoms with van der Waals surface area (Å²) in [7, 11) is 0. The van der Waals surface area contributed by atoms with Gasteiger partial charge in [0.1, 0.15) is 0 Å². The van der Waals surface area contributed by atoms with E-state index in [-0.39, 0.29) is 5.91 Å². The highest BCUT2D eigenvalue weighted by Crippen LogP contribution is 2.28. The second-order valence-corrected chi connectivity index (χ2v) is 8.20. The summed E-state index contributed by atoms with van der Waals surface area (Å²) >= 11 is 7.63. The molecular formula is C25H25ClN2O3S. The molecule has 0 unspecified atom stereocenters. The second-order valence-electron chi connectivity index (χ2n) is 6.71. The lowest BCUT2D eigenvalue weighted by molar-refractivity contribution is 0.0955. The number of nitrogens with zero attached hydrogens (tertiary/aromatic N) is 1. The number of thioether (sulfide) groups is 1. The maximum atomic E-state index is 12.4. The van der Waals surface area contributed by atoms with Crippen LogP contribution in [-0.4, -0.2) is 25.3 Å². The van der Waals surface area contributed by atoms with Crippen molar-refractivity contribution < 1.29 is 14.3 Å². The molecule has 166 valence electrons. The van der Waals surface area contributed by atoms with Crippen molar-refractivity contribution in [1.82, 2.24) is 5.43 Å². The maximum Gasteiger partial charge on any atom is 0.271 e. The van der Waals surface area contributed by atoms with E-state index in [9.17, 15) is 4.79 Å². The second kappa shape index (κ2) is 12.2. The summed E-state index contributed by atoms with van der Waals surface area (Å²) in [6.07, 6.45) is 1.58. The Morgan fingerprint density at radius 3 is 2.34 bits per heavy atom. The topological polar surface area (TPSA) is 59.9 Å². The van der Waals surface area contributed by atoms with E-state index in [4.69, 9.17) is 21.1 Å². The molecule has 0 heterocycles. The van der Waals surface area contributed by atoms with Crippen molar-refractivity contribution in [3.63, 3.8) is 0 Å². The van der Waals surface area contributed by atoms with Gasteiger partial charge in [-0.15, -0.1) is 11.8 Å². The van der Waals surface area contributed by atoms with E-state index in [0.29, 0.717) is 30.3 Å². The molecular weight excluding hydrogens is 444 g/mol. The minimum absolute atomic E-state index is 0.269. The number of nitrogens with one attached hydrogen (secondary N) is 1. The van der Waals surface area contributed by atoms with Crippen molar-refractivity contribution in [3.8, 4) is 11.5 Å². The fourth-order valence-corrected chi connectivity index (χ4v) is 3.81. The van der Waals surface area contributed by atoms with Gasteiger partial charge < -0.3 is 9.47 Å². The summed E-state index contributed by atoms with van der Waals surface area (Å²) < 4.78 is 11.2. The van der Waals surface area contributed by atoms with E-state index >= 15 is 0 Å². The number of carbonyl (C=O) groups is 1. The number of halogens is 1. The third-order valence-corrected chi connectivity index (χ3v) is 5.72. The smallest absolute Gasteiger partial charge is 0.271 e. The summed E-state index contributed by atoms with van der Waals surface area (Å²) in [5.74, 6) is 1.87. The van der Waals surface area contributed by atoms with Crippen LogP contribution in [0, 0.1) is 0 Å². The summed E-state index contributed by atoms with van der Waals surface area (Å²) in [5.41, 5.74) is 5.03. The molecule has 0 aliphatic carbocycles. The van der Waals surface area contributed by atoms with Crippen LogP contribution in [-0.2, 0) is 5.75 Å². The van der Waals surface area contributed by atoms with Crippen LogP contribution in [0.1, 0.15) is 35.3 Å². The van der Waals surface area contributed by atoms with Crippen LogP contribution in [0.3, 0.4) is 0 Å². The van der Waals surface area contributed by atoms with E-state index < -0.39 is 0 Å². The Bertz CT molecular complexity index is 1050. The quantitative estimate of drug-likeness (QED) is 0.219. The average molecular weight is 469 g/mol. The van der Waals surface area contributed by atoms with E-state index in [2.05, 4.69) is 10.5 Å². The highest BCUT2D eigenvalue weighted by Gasteiger charge is 2.07. The molecule has 0 atom stereocenters. The zero-order chi connectivity index (χ0) is 22.8. The van der Waals surface area contributed by atoms with Crippen LogP contribution in [0.2, 0.25) is 5.02 Å². The fourth-order valence-electron chi connectivity index (χ4n) is 2.83. The van der Waals surface area contributed by atoms with Gasteiger partial charge in [-0.05, 0) is 79.6 Å². The molecule has 0 aliphatic rings. The Balaban J connectivity index is 1.54. The Morgan fingerprint density at radius 1 is 0.969 bits per heavy atom.